The zero-order valence-corrected chi connectivity index (χ0v) is 11.7. The Bertz CT molecular complexity index is 398. The molecule has 0 spiro atoms. The van der Waals surface area contributed by atoms with E-state index in [4.69, 9.17) is 0 Å². The first-order valence-electron chi connectivity index (χ1n) is 6.09. The number of amides is 1. The van der Waals surface area contributed by atoms with Crippen LogP contribution in [0.4, 0.5) is 0 Å². The molecule has 1 aromatic rings. The molecule has 17 heavy (non-hydrogen) atoms. The minimum Gasteiger partial charge on any atom is -0.335 e. The predicted molar refractivity (Wildman–Crippen MR) is 71.8 cm³/mol. The fourth-order valence-corrected chi connectivity index (χ4v) is 3.33. The van der Waals surface area contributed by atoms with Gasteiger partial charge in [-0.05, 0) is 39.3 Å². The normalized spacial score (nSPS) is 25.1. The molecule has 0 unspecified atom stereocenters. The Balaban J connectivity index is 2.14. The highest BCUT2D eigenvalue weighted by Gasteiger charge is 2.26. The fourth-order valence-electron chi connectivity index (χ4n) is 2.33. The third-order valence-electron chi connectivity index (χ3n) is 3.22. The van der Waals surface area contributed by atoms with Crippen molar-refractivity contribution in [2.24, 2.45) is 0 Å². The average Bonchev–Trinajstić information content (AvgIpc) is 2.57. The number of carbonyl (C=O) groups excluding carboxylic acids is 1. The van der Waals surface area contributed by atoms with Gasteiger partial charge in [0.05, 0.1) is 4.88 Å². The van der Waals surface area contributed by atoms with Crippen LogP contribution in [0.2, 0.25) is 0 Å². The van der Waals surface area contributed by atoms with Gasteiger partial charge in [-0.2, -0.15) is 0 Å². The molecular weight excluding hydrogens is 232 g/mol. The molecule has 1 N–H and O–H groups in total. The Morgan fingerprint density at radius 2 is 1.94 bits per heavy atom. The van der Waals surface area contributed by atoms with Crippen LogP contribution in [-0.4, -0.2) is 36.0 Å². The van der Waals surface area contributed by atoms with Crippen molar-refractivity contribution in [1.82, 2.24) is 10.2 Å². The largest absolute Gasteiger partial charge is 0.335 e. The van der Waals surface area contributed by atoms with Crippen LogP contribution < -0.4 is 5.32 Å². The highest BCUT2D eigenvalue weighted by atomic mass is 32.1. The molecule has 0 bridgehead atoms. The van der Waals surface area contributed by atoms with Crippen LogP contribution in [0, 0.1) is 13.8 Å². The van der Waals surface area contributed by atoms with Gasteiger partial charge in [-0.15, -0.1) is 11.3 Å². The SMILES string of the molecule is Cc1cc(C(=O)N2C[C@@H](C)N[C@H](C)C2)sc1C. The molecule has 1 aromatic heterocycles. The topological polar surface area (TPSA) is 32.3 Å². The number of piperazine rings is 1. The van der Waals surface area contributed by atoms with Gasteiger partial charge in [0.2, 0.25) is 0 Å². The lowest BCUT2D eigenvalue weighted by atomic mass is 10.1. The molecule has 1 aliphatic heterocycles. The number of carbonyl (C=O) groups is 1. The molecule has 3 nitrogen and oxygen atoms in total. The lowest BCUT2D eigenvalue weighted by Crippen LogP contribution is -2.55. The maximum atomic E-state index is 12.4. The second kappa shape index (κ2) is 4.78. The zero-order valence-electron chi connectivity index (χ0n) is 10.9. The maximum Gasteiger partial charge on any atom is 0.264 e. The minimum absolute atomic E-state index is 0.186. The first kappa shape index (κ1) is 12.6. The van der Waals surface area contributed by atoms with Crippen molar-refractivity contribution in [2.75, 3.05) is 13.1 Å². The molecule has 1 amide bonds. The third kappa shape index (κ3) is 2.69. The van der Waals surface area contributed by atoms with E-state index >= 15 is 0 Å². The summed E-state index contributed by atoms with van der Waals surface area (Å²) in [6.07, 6.45) is 0. The van der Waals surface area contributed by atoms with Gasteiger partial charge in [0.25, 0.3) is 5.91 Å². The van der Waals surface area contributed by atoms with Crippen molar-refractivity contribution in [3.8, 4) is 0 Å². The van der Waals surface area contributed by atoms with Crippen LogP contribution in [0.1, 0.15) is 34.0 Å². The Kier molecular flexibility index (Phi) is 3.54. The first-order chi connectivity index (χ1) is 7.97. The summed E-state index contributed by atoms with van der Waals surface area (Å²) < 4.78 is 0. The summed E-state index contributed by atoms with van der Waals surface area (Å²) in [6.45, 7) is 9.99. The van der Waals surface area contributed by atoms with E-state index in [2.05, 4.69) is 33.0 Å². The smallest absolute Gasteiger partial charge is 0.264 e. The van der Waals surface area contributed by atoms with E-state index in [-0.39, 0.29) is 5.91 Å². The molecule has 4 heteroatoms. The highest BCUT2D eigenvalue weighted by Crippen LogP contribution is 2.22. The van der Waals surface area contributed by atoms with Crippen molar-refractivity contribution in [2.45, 2.75) is 39.8 Å². The van der Waals surface area contributed by atoms with Crippen LogP contribution in [-0.2, 0) is 0 Å². The summed E-state index contributed by atoms with van der Waals surface area (Å²) in [5.41, 5.74) is 1.22. The number of hydrogen-bond acceptors (Lipinski definition) is 3. The van der Waals surface area contributed by atoms with Gasteiger partial charge >= 0.3 is 0 Å². The van der Waals surface area contributed by atoms with Crippen LogP contribution in [0.25, 0.3) is 0 Å². The number of hydrogen-bond donors (Lipinski definition) is 1. The standard InChI is InChI=1S/C13H20N2OS/c1-8-5-12(17-11(8)4)13(16)15-6-9(2)14-10(3)7-15/h5,9-10,14H,6-7H2,1-4H3/t9-,10-/m1/s1. The molecule has 0 aromatic carbocycles. The lowest BCUT2D eigenvalue weighted by Gasteiger charge is -2.35. The number of aryl methyl sites for hydroxylation is 2. The summed E-state index contributed by atoms with van der Waals surface area (Å²) in [7, 11) is 0. The first-order valence-corrected chi connectivity index (χ1v) is 6.91. The number of nitrogens with one attached hydrogen (secondary N) is 1. The third-order valence-corrected chi connectivity index (χ3v) is 4.36. The summed E-state index contributed by atoms with van der Waals surface area (Å²) in [5, 5.41) is 3.44. The van der Waals surface area contributed by atoms with Gasteiger partial charge in [-0.1, -0.05) is 0 Å². The maximum absolute atomic E-state index is 12.4. The highest BCUT2D eigenvalue weighted by molar-refractivity contribution is 7.14. The van der Waals surface area contributed by atoms with Gasteiger partial charge in [0.15, 0.2) is 0 Å². The Labute approximate surface area is 107 Å². The van der Waals surface area contributed by atoms with Crippen LogP contribution in [0.5, 0.6) is 0 Å². The monoisotopic (exact) mass is 252 g/mol. The molecule has 2 atom stereocenters. The van der Waals surface area contributed by atoms with E-state index in [1.807, 2.05) is 11.0 Å². The van der Waals surface area contributed by atoms with E-state index in [9.17, 15) is 4.79 Å². The van der Waals surface area contributed by atoms with E-state index in [1.54, 1.807) is 11.3 Å². The van der Waals surface area contributed by atoms with Gasteiger partial charge in [-0.3, -0.25) is 4.79 Å². The zero-order chi connectivity index (χ0) is 12.6. The summed E-state index contributed by atoms with van der Waals surface area (Å²) in [5.74, 6) is 0.186. The Morgan fingerprint density at radius 1 is 1.35 bits per heavy atom. The van der Waals surface area contributed by atoms with Gasteiger partial charge in [0, 0.05) is 30.1 Å². The predicted octanol–water partition coefficient (Wildman–Crippen LogP) is 2.19. The summed E-state index contributed by atoms with van der Waals surface area (Å²) in [6, 6.07) is 2.77. The quantitative estimate of drug-likeness (QED) is 0.831. The summed E-state index contributed by atoms with van der Waals surface area (Å²) >= 11 is 1.61. The number of thiophene rings is 1. The molecule has 0 saturated carbocycles. The molecule has 1 saturated heterocycles. The molecular formula is C13H20N2OS. The number of rotatable bonds is 1. The second-order valence-corrected chi connectivity index (χ2v) is 6.29. The Morgan fingerprint density at radius 3 is 2.41 bits per heavy atom. The van der Waals surface area contributed by atoms with Crippen LogP contribution >= 0.6 is 11.3 Å². The fraction of sp³-hybridized carbons (Fsp3) is 0.615. The van der Waals surface area contributed by atoms with E-state index in [0.717, 1.165) is 18.0 Å². The van der Waals surface area contributed by atoms with E-state index in [0.29, 0.717) is 12.1 Å². The average molecular weight is 252 g/mol. The van der Waals surface area contributed by atoms with Gasteiger partial charge in [0.1, 0.15) is 0 Å². The van der Waals surface area contributed by atoms with Gasteiger partial charge < -0.3 is 10.2 Å². The lowest BCUT2D eigenvalue weighted by molar-refractivity contribution is 0.0678. The van der Waals surface area contributed by atoms with E-state index in [1.165, 1.54) is 10.4 Å². The molecule has 1 fully saturated rings. The number of nitrogens with zero attached hydrogens (tertiary/aromatic N) is 1. The van der Waals surface area contributed by atoms with Crippen molar-refractivity contribution in [1.29, 1.82) is 0 Å². The van der Waals surface area contributed by atoms with Crippen LogP contribution in [0.15, 0.2) is 6.07 Å². The Hall–Kier alpha value is -0.870. The van der Waals surface area contributed by atoms with Crippen molar-refractivity contribution >= 4 is 17.2 Å². The summed E-state index contributed by atoms with van der Waals surface area (Å²) in [4.78, 5) is 16.5. The molecule has 0 aliphatic carbocycles. The molecule has 94 valence electrons. The van der Waals surface area contributed by atoms with Crippen LogP contribution in [0.3, 0.4) is 0 Å². The molecule has 0 radical (unpaired) electrons. The second-order valence-electron chi connectivity index (χ2n) is 5.03. The van der Waals surface area contributed by atoms with Crippen molar-refractivity contribution < 1.29 is 4.79 Å². The molecule has 2 heterocycles. The molecule has 2 rings (SSSR count). The minimum atomic E-state index is 0.186. The van der Waals surface area contributed by atoms with Crippen molar-refractivity contribution in [3.05, 3.63) is 21.4 Å². The molecule has 1 aliphatic rings. The van der Waals surface area contributed by atoms with Gasteiger partial charge in [-0.25, -0.2) is 0 Å². The van der Waals surface area contributed by atoms with E-state index < -0.39 is 0 Å². The van der Waals surface area contributed by atoms with Crippen molar-refractivity contribution in [3.63, 3.8) is 0 Å².